The minimum absolute atomic E-state index is 0.0234. The van der Waals surface area contributed by atoms with Crippen molar-refractivity contribution >= 4 is 21.8 Å². The average Bonchev–Trinajstić information content (AvgIpc) is 2.76. The van der Waals surface area contributed by atoms with E-state index in [1.807, 2.05) is 0 Å². The van der Waals surface area contributed by atoms with Gasteiger partial charge in [-0.05, 0) is 30.7 Å². The maximum absolute atomic E-state index is 13.3. The number of benzene rings is 1. The van der Waals surface area contributed by atoms with Gasteiger partial charge in [-0.15, -0.1) is 0 Å². The molecule has 0 radical (unpaired) electrons. The molecule has 1 N–H and O–H groups in total. The van der Waals surface area contributed by atoms with Gasteiger partial charge < -0.3 is 15.0 Å². The molecule has 0 saturated carbocycles. The Bertz CT molecular complexity index is 1060. The number of fused-ring (bicyclic) bond motifs is 2. The van der Waals surface area contributed by atoms with Crippen LogP contribution < -0.4 is 10.1 Å². The van der Waals surface area contributed by atoms with Gasteiger partial charge in [-0.25, -0.2) is 8.42 Å². The quantitative estimate of drug-likeness (QED) is 0.740. The van der Waals surface area contributed by atoms with Gasteiger partial charge in [-0.3, -0.25) is 14.6 Å². The van der Waals surface area contributed by atoms with Gasteiger partial charge in [0, 0.05) is 37.6 Å². The van der Waals surface area contributed by atoms with Gasteiger partial charge >= 0.3 is 0 Å². The summed E-state index contributed by atoms with van der Waals surface area (Å²) in [5.41, 5.74) is 0.410. The molecule has 2 aliphatic heterocycles. The Kier molecular flexibility index (Phi) is 5.44. The van der Waals surface area contributed by atoms with Gasteiger partial charge in [0.25, 0.3) is 5.91 Å². The van der Waals surface area contributed by atoms with Gasteiger partial charge in [-0.2, -0.15) is 4.31 Å². The van der Waals surface area contributed by atoms with E-state index in [1.54, 1.807) is 41.4 Å². The van der Waals surface area contributed by atoms with Gasteiger partial charge in [0.1, 0.15) is 10.6 Å². The van der Waals surface area contributed by atoms with E-state index in [4.69, 9.17) is 4.74 Å². The van der Waals surface area contributed by atoms with E-state index in [-0.39, 0.29) is 35.0 Å². The number of methoxy groups -OCH3 is 1. The second-order valence-electron chi connectivity index (χ2n) is 7.30. The molecule has 4 rings (SSSR count). The zero-order valence-electron chi connectivity index (χ0n) is 16.4. The predicted octanol–water partition coefficient (Wildman–Crippen LogP) is 0.494. The lowest BCUT2D eigenvalue weighted by atomic mass is 9.98. The van der Waals surface area contributed by atoms with E-state index in [0.717, 1.165) is 0 Å². The van der Waals surface area contributed by atoms with Crippen LogP contribution in [0.5, 0.6) is 5.75 Å². The molecule has 0 aliphatic carbocycles. The summed E-state index contributed by atoms with van der Waals surface area (Å²) in [4.78, 5) is 30.7. The molecule has 158 valence electrons. The lowest BCUT2D eigenvalue weighted by Crippen LogP contribution is -2.65. The van der Waals surface area contributed by atoms with Crippen LogP contribution in [0.15, 0.2) is 53.7 Å². The van der Waals surface area contributed by atoms with Crippen LogP contribution in [0.4, 0.5) is 0 Å². The predicted molar refractivity (Wildman–Crippen MR) is 107 cm³/mol. The number of rotatable bonds is 5. The van der Waals surface area contributed by atoms with Crippen molar-refractivity contribution in [2.75, 3.05) is 26.7 Å². The summed E-state index contributed by atoms with van der Waals surface area (Å²) in [6.07, 6.45) is 3.44. The maximum Gasteiger partial charge on any atom is 0.253 e. The molecule has 9 nitrogen and oxygen atoms in total. The Morgan fingerprint density at radius 1 is 1.20 bits per heavy atom. The topological polar surface area (TPSA) is 109 Å². The summed E-state index contributed by atoms with van der Waals surface area (Å²) in [5.74, 6) is -0.365. The SMILES string of the molecule is COc1ccccc1S(=O)(=O)N1CC(=O)N2CC(NC(=O)c3cccnc3)CC1C2. The lowest BCUT2D eigenvalue weighted by Gasteiger charge is -2.46. The third-order valence-electron chi connectivity index (χ3n) is 5.39. The standard InChI is InChI=1S/C20H22N4O5S/c1-29-17-6-2-3-7-18(17)30(27,28)24-13-19(25)23-11-15(9-16(24)12-23)22-20(26)14-5-4-8-21-10-14/h2-8,10,15-16H,9,11-13H2,1H3,(H,22,26). The van der Waals surface area contributed by atoms with Gasteiger partial charge in [0.05, 0.1) is 19.2 Å². The van der Waals surface area contributed by atoms with Crippen molar-refractivity contribution in [2.24, 2.45) is 0 Å². The van der Waals surface area contributed by atoms with Crippen molar-refractivity contribution in [3.8, 4) is 5.75 Å². The first-order valence-corrected chi connectivity index (χ1v) is 11.0. The summed E-state index contributed by atoms with van der Waals surface area (Å²) in [6, 6.07) is 8.85. The second-order valence-corrected chi connectivity index (χ2v) is 9.16. The number of piperidine rings is 1. The van der Waals surface area contributed by atoms with Crippen molar-refractivity contribution in [3.05, 3.63) is 54.4 Å². The molecule has 2 bridgehead atoms. The summed E-state index contributed by atoms with van der Waals surface area (Å²) >= 11 is 0. The van der Waals surface area contributed by atoms with Crippen LogP contribution in [0.3, 0.4) is 0 Å². The Balaban J connectivity index is 1.57. The van der Waals surface area contributed by atoms with Gasteiger partial charge in [0.2, 0.25) is 15.9 Å². The van der Waals surface area contributed by atoms with E-state index in [1.165, 1.54) is 23.7 Å². The smallest absolute Gasteiger partial charge is 0.253 e. The van der Waals surface area contributed by atoms with Crippen LogP contribution >= 0.6 is 0 Å². The molecule has 10 heteroatoms. The molecule has 1 aromatic carbocycles. The number of sulfonamides is 1. The number of nitrogens with zero attached hydrogens (tertiary/aromatic N) is 3. The molecule has 2 unspecified atom stereocenters. The van der Waals surface area contributed by atoms with E-state index < -0.39 is 16.1 Å². The molecule has 1 aromatic heterocycles. The number of ether oxygens (including phenoxy) is 1. The molecular weight excluding hydrogens is 408 g/mol. The Labute approximate surface area is 174 Å². The highest BCUT2D eigenvalue weighted by Crippen LogP contribution is 2.31. The second kappa shape index (κ2) is 8.04. The van der Waals surface area contributed by atoms with Crippen LogP contribution in [-0.4, -0.2) is 73.2 Å². The minimum atomic E-state index is -3.95. The number of pyridine rings is 1. The molecule has 2 amide bonds. The fourth-order valence-corrected chi connectivity index (χ4v) is 5.69. The normalized spacial score (nSPS) is 21.9. The molecule has 2 saturated heterocycles. The third-order valence-corrected chi connectivity index (χ3v) is 7.33. The molecular formula is C20H22N4O5S. The number of amides is 2. The summed E-state index contributed by atoms with van der Waals surface area (Å²) in [6.45, 7) is 0.421. The minimum Gasteiger partial charge on any atom is -0.495 e. The van der Waals surface area contributed by atoms with E-state index in [9.17, 15) is 18.0 Å². The summed E-state index contributed by atoms with van der Waals surface area (Å²) in [5, 5.41) is 2.90. The number of para-hydroxylation sites is 1. The highest BCUT2D eigenvalue weighted by atomic mass is 32.2. The van der Waals surface area contributed by atoms with E-state index in [0.29, 0.717) is 25.1 Å². The zero-order valence-corrected chi connectivity index (χ0v) is 17.2. The molecule has 0 spiro atoms. The fraction of sp³-hybridized carbons (Fsp3) is 0.350. The van der Waals surface area contributed by atoms with Crippen molar-refractivity contribution < 1.29 is 22.7 Å². The number of hydrogen-bond donors (Lipinski definition) is 1. The zero-order chi connectivity index (χ0) is 21.3. The molecule has 2 atom stereocenters. The molecule has 2 aliphatic rings. The summed E-state index contributed by atoms with van der Waals surface area (Å²) in [7, 11) is -2.55. The van der Waals surface area contributed by atoms with E-state index in [2.05, 4.69) is 10.3 Å². The third kappa shape index (κ3) is 3.75. The fourth-order valence-electron chi connectivity index (χ4n) is 3.96. The monoisotopic (exact) mass is 430 g/mol. The van der Waals surface area contributed by atoms with Crippen LogP contribution in [0.2, 0.25) is 0 Å². The van der Waals surface area contributed by atoms with Crippen LogP contribution in [0, 0.1) is 0 Å². The van der Waals surface area contributed by atoms with Crippen molar-refractivity contribution in [3.63, 3.8) is 0 Å². The van der Waals surface area contributed by atoms with Crippen molar-refractivity contribution in [1.29, 1.82) is 0 Å². The Hall–Kier alpha value is -2.98. The van der Waals surface area contributed by atoms with Crippen LogP contribution in [-0.2, 0) is 14.8 Å². The number of piperazine rings is 1. The maximum atomic E-state index is 13.3. The Morgan fingerprint density at radius 3 is 2.73 bits per heavy atom. The molecule has 2 aromatic rings. The number of carbonyl (C=O) groups is 2. The summed E-state index contributed by atoms with van der Waals surface area (Å²) < 4.78 is 33.1. The molecule has 30 heavy (non-hydrogen) atoms. The highest BCUT2D eigenvalue weighted by Gasteiger charge is 2.45. The first kappa shape index (κ1) is 20.3. The van der Waals surface area contributed by atoms with Crippen LogP contribution in [0.1, 0.15) is 16.8 Å². The van der Waals surface area contributed by atoms with Gasteiger partial charge in [0.15, 0.2) is 0 Å². The highest BCUT2D eigenvalue weighted by molar-refractivity contribution is 7.89. The Morgan fingerprint density at radius 2 is 2.00 bits per heavy atom. The largest absolute Gasteiger partial charge is 0.495 e. The average molecular weight is 430 g/mol. The molecule has 2 fully saturated rings. The lowest BCUT2D eigenvalue weighted by molar-refractivity contribution is -0.138. The van der Waals surface area contributed by atoms with E-state index >= 15 is 0 Å². The molecule has 3 heterocycles. The van der Waals surface area contributed by atoms with Crippen molar-refractivity contribution in [1.82, 2.24) is 19.5 Å². The van der Waals surface area contributed by atoms with Crippen LogP contribution in [0.25, 0.3) is 0 Å². The van der Waals surface area contributed by atoms with Crippen molar-refractivity contribution in [2.45, 2.75) is 23.4 Å². The van der Waals surface area contributed by atoms with Gasteiger partial charge in [-0.1, -0.05) is 12.1 Å². The number of aromatic nitrogens is 1. The number of carbonyl (C=O) groups excluding carboxylic acids is 2. The number of nitrogens with one attached hydrogen (secondary N) is 1. The first-order valence-electron chi connectivity index (χ1n) is 9.53. The number of hydrogen-bond acceptors (Lipinski definition) is 6. The first-order chi connectivity index (χ1) is 14.4.